The molecule has 0 saturated carbocycles. The SMILES string of the molecule is CC(C)c1nc(N2CCCCCC2CN)cc(=O)[nH]1. The molecule has 1 aliphatic heterocycles. The summed E-state index contributed by atoms with van der Waals surface area (Å²) in [5, 5.41) is 0. The van der Waals surface area contributed by atoms with Crippen LogP contribution in [0.2, 0.25) is 0 Å². The van der Waals surface area contributed by atoms with E-state index < -0.39 is 0 Å². The zero-order valence-corrected chi connectivity index (χ0v) is 11.9. The second-order valence-electron chi connectivity index (χ2n) is 5.58. The molecule has 106 valence electrons. The number of rotatable bonds is 3. The number of aromatic amines is 1. The molecule has 2 rings (SSSR count). The van der Waals surface area contributed by atoms with Crippen LogP contribution < -0.4 is 16.2 Å². The van der Waals surface area contributed by atoms with Gasteiger partial charge in [-0.3, -0.25) is 4.79 Å². The Morgan fingerprint density at radius 3 is 2.95 bits per heavy atom. The van der Waals surface area contributed by atoms with Gasteiger partial charge in [-0.25, -0.2) is 4.98 Å². The van der Waals surface area contributed by atoms with E-state index in [2.05, 4.69) is 14.9 Å². The third-order valence-electron chi connectivity index (χ3n) is 3.74. The first-order chi connectivity index (χ1) is 9.11. The van der Waals surface area contributed by atoms with Crippen LogP contribution >= 0.6 is 0 Å². The molecule has 0 amide bonds. The summed E-state index contributed by atoms with van der Waals surface area (Å²) in [5.41, 5.74) is 5.81. The summed E-state index contributed by atoms with van der Waals surface area (Å²) in [6, 6.07) is 1.90. The van der Waals surface area contributed by atoms with Gasteiger partial charge in [-0.2, -0.15) is 0 Å². The zero-order chi connectivity index (χ0) is 13.8. The van der Waals surface area contributed by atoms with Crippen LogP contribution in [-0.2, 0) is 0 Å². The smallest absolute Gasteiger partial charge is 0.252 e. The van der Waals surface area contributed by atoms with E-state index in [0.29, 0.717) is 12.6 Å². The summed E-state index contributed by atoms with van der Waals surface area (Å²) in [5.74, 6) is 1.75. The van der Waals surface area contributed by atoms with E-state index in [1.165, 1.54) is 12.8 Å². The predicted molar refractivity (Wildman–Crippen MR) is 77.6 cm³/mol. The van der Waals surface area contributed by atoms with Gasteiger partial charge in [-0.15, -0.1) is 0 Å². The second kappa shape index (κ2) is 6.19. The lowest BCUT2D eigenvalue weighted by atomic mass is 10.1. The van der Waals surface area contributed by atoms with Crippen LogP contribution in [0.25, 0.3) is 0 Å². The normalized spacial score (nSPS) is 20.6. The van der Waals surface area contributed by atoms with Crippen molar-refractivity contribution in [3.8, 4) is 0 Å². The molecule has 5 heteroatoms. The van der Waals surface area contributed by atoms with Crippen molar-refractivity contribution in [2.24, 2.45) is 5.73 Å². The molecule has 1 aliphatic rings. The highest BCUT2D eigenvalue weighted by molar-refractivity contribution is 5.39. The minimum Gasteiger partial charge on any atom is -0.352 e. The van der Waals surface area contributed by atoms with E-state index in [0.717, 1.165) is 31.0 Å². The molecule has 19 heavy (non-hydrogen) atoms. The average Bonchev–Trinajstić information content (AvgIpc) is 2.62. The third-order valence-corrected chi connectivity index (χ3v) is 3.74. The lowest BCUT2D eigenvalue weighted by Crippen LogP contribution is -2.41. The quantitative estimate of drug-likeness (QED) is 0.869. The van der Waals surface area contributed by atoms with Gasteiger partial charge in [-0.05, 0) is 12.8 Å². The van der Waals surface area contributed by atoms with Gasteiger partial charge in [0.25, 0.3) is 5.56 Å². The molecule has 0 radical (unpaired) electrons. The summed E-state index contributed by atoms with van der Waals surface area (Å²) < 4.78 is 0. The molecule has 1 aromatic rings. The summed E-state index contributed by atoms with van der Waals surface area (Å²) in [7, 11) is 0. The first-order valence-corrected chi connectivity index (χ1v) is 7.19. The molecule has 1 saturated heterocycles. The van der Waals surface area contributed by atoms with Gasteiger partial charge in [0, 0.05) is 31.1 Å². The van der Waals surface area contributed by atoms with Crippen LogP contribution in [0.1, 0.15) is 51.3 Å². The monoisotopic (exact) mass is 264 g/mol. The van der Waals surface area contributed by atoms with Gasteiger partial charge in [0.15, 0.2) is 0 Å². The van der Waals surface area contributed by atoms with Crippen molar-refractivity contribution in [3.05, 3.63) is 22.2 Å². The van der Waals surface area contributed by atoms with Crippen molar-refractivity contribution < 1.29 is 0 Å². The number of hydrogen-bond donors (Lipinski definition) is 2. The molecule has 1 aromatic heterocycles. The fraction of sp³-hybridized carbons (Fsp3) is 0.714. The molecule has 1 fully saturated rings. The Bertz CT molecular complexity index is 469. The van der Waals surface area contributed by atoms with Gasteiger partial charge in [0.1, 0.15) is 11.6 Å². The molecule has 1 unspecified atom stereocenters. The number of aromatic nitrogens is 2. The fourth-order valence-electron chi connectivity index (χ4n) is 2.61. The molecule has 0 aromatic carbocycles. The molecule has 3 N–H and O–H groups in total. The van der Waals surface area contributed by atoms with Gasteiger partial charge in [0.05, 0.1) is 0 Å². The molecule has 0 bridgehead atoms. The second-order valence-corrected chi connectivity index (χ2v) is 5.58. The van der Waals surface area contributed by atoms with E-state index in [-0.39, 0.29) is 11.5 Å². The number of hydrogen-bond acceptors (Lipinski definition) is 4. The van der Waals surface area contributed by atoms with E-state index in [4.69, 9.17) is 5.73 Å². The number of nitrogens with zero attached hydrogens (tertiary/aromatic N) is 2. The molecular weight excluding hydrogens is 240 g/mol. The van der Waals surface area contributed by atoms with Crippen molar-refractivity contribution in [3.63, 3.8) is 0 Å². The molecule has 1 atom stereocenters. The van der Waals surface area contributed by atoms with Crippen molar-refractivity contribution in [2.75, 3.05) is 18.0 Å². The Labute approximate surface area is 114 Å². The van der Waals surface area contributed by atoms with Gasteiger partial charge in [0.2, 0.25) is 0 Å². The highest BCUT2D eigenvalue weighted by Crippen LogP contribution is 2.22. The van der Waals surface area contributed by atoms with Gasteiger partial charge < -0.3 is 15.6 Å². The largest absolute Gasteiger partial charge is 0.352 e. The third kappa shape index (κ3) is 3.35. The summed E-state index contributed by atoms with van der Waals surface area (Å²) in [4.78, 5) is 21.4. The minimum atomic E-state index is -0.0753. The van der Waals surface area contributed by atoms with E-state index in [1.54, 1.807) is 6.07 Å². The van der Waals surface area contributed by atoms with Crippen molar-refractivity contribution in [1.82, 2.24) is 9.97 Å². The summed E-state index contributed by atoms with van der Waals surface area (Å²) in [6.07, 6.45) is 4.66. The van der Waals surface area contributed by atoms with Crippen molar-refractivity contribution >= 4 is 5.82 Å². The predicted octanol–water partition coefficient (Wildman–Crippen LogP) is 1.60. The number of anilines is 1. The number of nitrogens with one attached hydrogen (secondary N) is 1. The Kier molecular flexibility index (Phi) is 4.58. The highest BCUT2D eigenvalue weighted by Gasteiger charge is 2.22. The van der Waals surface area contributed by atoms with Gasteiger partial charge in [-0.1, -0.05) is 26.7 Å². The van der Waals surface area contributed by atoms with Crippen LogP contribution in [-0.4, -0.2) is 29.1 Å². The standard InChI is InChI=1S/C14H24N4O/c1-10(2)14-16-12(8-13(19)17-14)18-7-5-3-4-6-11(18)9-15/h8,10-11H,3-7,9,15H2,1-2H3,(H,16,17,19). The Morgan fingerprint density at radius 2 is 2.26 bits per heavy atom. The summed E-state index contributed by atoms with van der Waals surface area (Å²) >= 11 is 0. The van der Waals surface area contributed by atoms with E-state index >= 15 is 0 Å². The lowest BCUT2D eigenvalue weighted by molar-refractivity contribution is 0.573. The van der Waals surface area contributed by atoms with E-state index in [1.807, 2.05) is 13.8 Å². The van der Waals surface area contributed by atoms with Crippen LogP contribution in [0.5, 0.6) is 0 Å². The van der Waals surface area contributed by atoms with Crippen LogP contribution in [0.15, 0.2) is 10.9 Å². The number of nitrogens with two attached hydrogens (primary N) is 1. The molecule has 0 aliphatic carbocycles. The first-order valence-electron chi connectivity index (χ1n) is 7.19. The lowest BCUT2D eigenvalue weighted by Gasteiger charge is -2.30. The number of H-pyrrole nitrogens is 1. The Morgan fingerprint density at radius 1 is 1.47 bits per heavy atom. The Balaban J connectivity index is 2.35. The minimum absolute atomic E-state index is 0.0753. The Hall–Kier alpha value is -1.36. The molecule has 0 spiro atoms. The van der Waals surface area contributed by atoms with Crippen LogP contribution in [0.4, 0.5) is 5.82 Å². The zero-order valence-electron chi connectivity index (χ0n) is 11.9. The average molecular weight is 264 g/mol. The first kappa shape index (κ1) is 14.1. The maximum Gasteiger partial charge on any atom is 0.252 e. The van der Waals surface area contributed by atoms with Crippen molar-refractivity contribution in [1.29, 1.82) is 0 Å². The maximum atomic E-state index is 11.8. The maximum absolute atomic E-state index is 11.8. The molecule has 5 nitrogen and oxygen atoms in total. The fourth-order valence-corrected chi connectivity index (χ4v) is 2.61. The molecular formula is C14H24N4O. The van der Waals surface area contributed by atoms with Crippen LogP contribution in [0, 0.1) is 0 Å². The topological polar surface area (TPSA) is 75.0 Å². The van der Waals surface area contributed by atoms with Gasteiger partial charge >= 0.3 is 0 Å². The van der Waals surface area contributed by atoms with Crippen LogP contribution in [0.3, 0.4) is 0 Å². The summed E-state index contributed by atoms with van der Waals surface area (Å²) in [6.45, 7) is 5.62. The highest BCUT2D eigenvalue weighted by atomic mass is 16.1. The van der Waals surface area contributed by atoms with E-state index in [9.17, 15) is 4.79 Å². The van der Waals surface area contributed by atoms with Crippen molar-refractivity contribution in [2.45, 2.75) is 51.5 Å². The molecule has 2 heterocycles.